The van der Waals surface area contributed by atoms with Crippen LogP contribution in [0.4, 0.5) is 10.5 Å². The van der Waals surface area contributed by atoms with Crippen molar-refractivity contribution in [1.29, 1.82) is 0 Å². The number of ether oxygens (including phenoxy) is 1. The SMILES string of the molecule is CCOc1ccc(NC(=O)NNCCCC[C@H](NC(=O)[C@@H](Cc2ccccc2)NC(=O)[C@H](Cc2cnc[nH]2)NC(C)=O)C(=O)N[C@H](CN)Cc2c[nH]c3ccccc23)cc1. The lowest BCUT2D eigenvalue weighted by atomic mass is 10.0. The molecule has 0 fully saturated rings. The molecule has 0 aliphatic heterocycles. The lowest BCUT2D eigenvalue weighted by Crippen LogP contribution is -2.58. The number of imidazole rings is 1. The Balaban J connectivity index is 1.25. The maximum absolute atomic E-state index is 14.2. The summed E-state index contributed by atoms with van der Waals surface area (Å²) in [4.78, 5) is 76.8. The summed E-state index contributed by atoms with van der Waals surface area (Å²) in [5, 5.41) is 15.2. The first-order valence-electron chi connectivity index (χ1n) is 20.1. The summed E-state index contributed by atoms with van der Waals surface area (Å²) in [6.45, 7) is 4.26. The zero-order chi connectivity index (χ0) is 42.7. The van der Waals surface area contributed by atoms with Gasteiger partial charge >= 0.3 is 6.03 Å². The quantitative estimate of drug-likeness (QED) is 0.0343. The number of carbonyl (C=O) groups is 5. The van der Waals surface area contributed by atoms with Gasteiger partial charge in [-0.1, -0.05) is 48.5 Å². The van der Waals surface area contributed by atoms with Gasteiger partial charge in [0, 0.05) is 73.6 Å². The van der Waals surface area contributed by atoms with Crippen LogP contribution in [0.1, 0.15) is 49.9 Å². The van der Waals surface area contributed by atoms with E-state index in [0.29, 0.717) is 49.5 Å². The number of unbranched alkanes of at least 4 members (excludes halogenated alkanes) is 1. The Labute approximate surface area is 348 Å². The average molecular weight is 822 g/mol. The van der Waals surface area contributed by atoms with E-state index in [4.69, 9.17) is 10.5 Å². The second kappa shape index (κ2) is 23.0. The molecule has 0 saturated carbocycles. The van der Waals surface area contributed by atoms with Gasteiger partial charge in [-0.25, -0.2) is 15.2 Å². The summed E-state index contributed by atoms with van der Waals surface area (Å²) in [5.74, 6) is -1.31. The number of urea groups is 1. The monoisotopic (exact) mass is 821 g/mol. The van der Waals surface area contributed by atoms with Crippen LogP contribution < -0.4 is 47.9 Å². The molecule has 0 bridgehead atoms. The summed E-state index contributed by atoms with van der Waals surface area (Å²) in [6.07, 6.45) is 6.85. The summed E-state index contributed by atoms with van der Waals surface area (Å²) >= 11 is 0. The molecule has 60 heavy (non-hydrogen) atoms. The minimum Gasteiger partial charge on any atom is -0.494 e. The molecule has 3 aromatic carbocycles. The van der Waals surface area contributed by atoms with Crippen LogP contribution in [0.5, 0.6) is 5.75 Å². The molecule has 0 saturated heterocycles. The number of amides is 6. The second-order valence-electron chi connectivity index (χ2n) is 14.3. The van der Waals surface area contributed by atoms with Crippen LogP contribution in [0, 0.1) is 0 Å². The van der Waals surface area contributed by atoms with Gasteiger partial charge in [0.25, 0.3) is 0 Å². The number of rotatable bonds is 23. The number of hydrogen-bond donors (Lipinski definition) is 10. The molecule has 0 radical (unpaired) electrons. The third kappa shape index (κ3) is 14.0. The van der Waals surface area contributed by atoms with E-state index < -0.39 is 53.8 Å². The van der Waals surface area contributed by atoms with Crippen LogP contribution in [0.15, 0.2) is 97.6 Å². The van der Waals surface area contributed by atoms with Crippen molar-refractivity contribution < 1.29 is 28.7 Å². The fraction of sp³-hybridized carbons (Fsp3) is 0.349. The highest BCUT2D eigenvalue weighted by Gasteiger charge is 2.30. The summed E-state index contributed by atoms with van der Waals surface area (Å²) in [6, 6.07) is 20.0. The van der Waals surface area contributed by atoms with E-state index >= 15 is 0 Å². The number of carbonyl (C=O) groups excluding carboxylic acids is 5. The van der Waals surface area contributed by atoms with Crippen molar-refractivity contribution in [2.24, 2.45) is 5.73 Å². The van der Waals surface area contributed by atoms with Gasteiger partial charge in [-0.05, 0) is 74.1 Å². The lowest BCUT2D eigenvalue weighted by Gasteiger charge is -2.26. The van der Waals surface area contributed by atoms with Gasteiger partial charge in [0.05, 0.1) is 12.9 Å². The van der Waals surface area contributed by atoms with Crippen molar-refractivity contribution in [1.82, 2.24) is 47.1 Å². The number of nitrogens with two attached hydrogens (primary N) is 1. The van der Waals surface area contributed by atoms with Gasteiger partial charge in [-0.15, -0.1) is 0 Å². The standard InChI is InChI=1S/C43H55N11O6/c1-3-60-34-18-16-31(17-19-34)51-43(59)54-48-20-10-9-15-37(40(56)50-32(24-44)22-30-25-46-36-14-8-7-13-35(30)36)52-41(57)38(21-29-11-5-4-6-12-29)53-42(58)39(49-28(2)55)23-33-26-45-27-47-33/h4-8,11-14,16-19,25-27,32,37-39,46,48H,3,9-10,15,20-24,44H2,1-2H3,(H,45,47)(H,49,55)(H,50,56)(H,52,57)(H,53,58)(H2,51,54,59)/t32-,37-,38+,39-/m0/s1. The lowest BCUT2D eigenvalue weighted by molar-refractivity contribution is -0.133. The number of aromatic nitrogens is 3. The first-order valence-corrected chi connectivity index (χ1v) is 20.1. The van der Waals surface area contributed by atoms with Crippen molar-refractivity contribution in [2.45, 2.75) is 76.5 Å². The number of fused-ring (bicyclic) bond motifs is 1. The number of H-pyrrole nitrogens is 2. The third-order valence-corrected chi connectivity index (χ3v) is 9.66. The molecule has 0 unspecified atom stereocenters. The molecule has 0 aliphatic rings. The van der Waals surface area contributed by atoms with E-state index in [2.05, 4.69) is 52.4 Å². The van der Waals surface area contributed by atoms with Crippen LogP contribution in [0.3, 0.4) is 0 Å². The maximum Gasteiger partial charge on any atom is 0.333 e. The van der Waals surface area contributed by atoms with Gasteiger partial charge in [0.2, 0.25) is 23.6 Å². The van der Waals surface area contributed by atoms with Crippen LogP contribution in [0.2, 0.25) is 0 Å². The van der Waals surface area contributed by atoms with E-state index in [1.165, 1.54) is 13.3 Å². The molecule has 17 nitrogen and oxygen atoms in total. The molecule has 17 heteroatoms. The van der Waals surface area contributed by atoms with Gasteiger partial charge in [0.1, 0.15) is 23.9 Å². The van der Waals surface area contributed by atoms with Crippen LogP contribution in [0.25, 0.3) is 10.9 Å². The van der Waals surface area contributed by atoms with Crippen LogP contribution >= 0.6 is 0 Å². The Hall–Kier alpha value is -6.72. The predicted molar refractivity (Wildman–Crippen MR) is 229 cm³/mol. The molecule has 2 aromatic heterocycles. The zero-order valence-electron chi connectivity index (χ0n) is 33.9. The highest BCUT2D eigenvalue weighted by Crippen LogP contribution is 2.19. The summed E-state index contributed by atoms with van der Waals surface area (Å²) in [5.41, 5.74) is 15.6. The first-order chi connectivity index (χ1) is 29.1. The molecule has 6 amide bonds. The van der Waals surface area contributed by atoms with Crippen molar-refractivity contribution >= 4 is 46.3 Å². The smallest absolute Gasteiger partial charge is 0.333 e. The van der Waals surface area contributed by atoms with E-state index in [-0.39, 0.29) is 25.8 Å². The highest BCUT2D eigenvalue weighted by atomic mass is 16.5. The topological polar surface area (TPSA) is 249 Å². The number of para-hydroxylation sites is 1. The minimum atomic E-state index is -1.11. The fourth-order valence-corrected chi connectivity index (χ4v) is 6.67. The van der Waals surface area contributed by atoms with Crippen molar-refractivity contribution in [3.8, 4) is 5.75 Å². The number of benzene rings is 3. The van der Waals surface area contributed by atoms with Gasteiger partial charge in [-0.2, -0.15) is 0 Å². The number of hydrazine groups is 1. The second-order valence-corrected chi connectivity index (χ2v) is 14.3. The average Bonchev–Trinajstić information content (AvgIpc) is 3.92. The Bertz CT molecular complexity index is 2130. The molecule has 0 spiro atoms. The minimum absolute atomic E-state index is 0.110. The van der Waals surface area contributed by atoms with Crippen LogP contribution in [-0.4, -0.2) is 88.5 Å². The van der Waals surface area contributed by atoms with Gasteiger partial charge < -0.3 is 47.0 Å². The van der Waals surface area contributed by atoms with Gasteiger partial charge in [-0.3, -0.25) is 24.6 Å². The fourth-order valence-electron chi connectivity index (χ4n) is 6.67. The molecule has 0 aliphatic carbocycles. The molecule has 318 valence electrons. The van der Waals surface area contributed by atoms with E-state index in [1.54, 1.807) is 30.5 Å². The van der Waals surface area contributed by atoms with Gasteiger partial charge in [0.15, 0.2) is 0 Å². The Kier molecular flexibility index (Phi) is 17.0. The Morgan fingerprint density at radius 1 is 0.767 bits per heavy atom. The van der Waals surface area contributed by atoms with Crippen LogP contribution in [-0.2, 0) is 38.4 Å². The first kappa shape index (κ1) is 44.4. The van der Waals surface area contributed by atoms with Crippen molar-refractivity contribution in [2.75, 3.05) is 25.0 Å². The zero-order valence-corrected chi connectivity index (χ0v) is 33.9. The summed E-state index contributed by atoms with van der Waals surface area (Å²) in [7, 11) is 0. The normalized spacial score (nSPS) is 13.0. The van der Waals surface area contributed by atoms with Crippen molar-refractivity contribution in [3.05, 3.63) is 114 Å². The number of hydrogen-bond acceptors (Lipinski definition) is 9. The number of anilines is 1. The highest BCUT2D eigenvalue weighted by molar-refractivity contribution is 5.94. The molecule has 5 aromatic rings. The van der Waals surface area contributed by atoms with E-state index in [0.717, 1.165) is 22.0 Å². The van der Waals surface area contributed by atoms with E-state index in [1.807, 2.05) is 67.7 Å². The van der Waals surface area contributed by atoms with E-state index in [9.17, 15) is 24.0 Å². The molecular weight excluding hydrogens is 767 g/mol. The maximum atomic E-state index is 14.2. The summed E-state index contributed by atoms with van der Waals surface area (Å²) < 4.78 is 5.44. The molecule has 2 heterocycles. The molecular formula is C43H55N11O6. The Morgan fingerprint density at radius 3 is 2.17 bits per heavy atom. The third-order valence-electron chi connectivity index (χ3n) is 9.66. The number of aromatic amines is 2. The van der Waals surface area contributed by atoms with Crippen molar-refractivity contribution in [3.63, 3.8) is 0 Å². The number of nitrogens with zero attached hydrogens (tertiary/aromatic N) is 1. The molecule has 11 N–H and O–H groups in total. The molecule has 5 rings (SSSR count). The predicted octanol–water partition coefficient (Wildman–Crippen LogP) is 2.73. The number of nitrogens with one attached hydrogen (secondary N) is 9. The largest absolute Gasteiger partial charge is 0.494 e. The molecule has 4 atom stereocenters. The Morgan fingerprint density at radius 2 is 1.47 bits per heavy atom.